The highest BCUT2D eigenvalue weighted by atomic mass is 32.2. The predicted octanol–water partition coefficient (Wildman–Crippen LogP) is 2.16. The summed E-state index contributed by atoms with van der Waals surface area (Å²) in [5, 5.41) is 4.58. The van der Waals surface area contributed by atoms with Crippen molar-refractivity contribution in [3.8, 4) is 0 Å². The molecule has 0 spiro atoms. The van der Waals surface area contributed by atoms with Gasteiger partial charge in [-0.25, -0.2) is 4.79 Å². The summed E-state index contributed by atoms with van der Waals surface area (Å²) in [5.74, 6) is -0.0586. The van der Waals surface area contributed by atoms with Gasteiger partial charge < -0.3 is 5.32 Å². The van der Waals surface area contributed by atoms with Gasteiger partial charge in [-0.15, -0.1) is 11.8 Å². The lowest BCUT2D eigenvalue weighted by Crippen LogP contribution is -2.38. The average molecular weight is 266 g/mol. The van der Waals surface area contributed by atoms with E-state index >= 15 is 0 Å². The molecule has 0 saturated heterocycles. The second-order valence-electron chi connectivity index (χ2n) is 4.14. The summed E-state index contributed by atoms with van der Waals surface area (Å²) in [7, 11) is 1.48. The maximum Gasteiger partial charge on any atom is 0.321 e. The number of imide groups is 1. The molecule has 0 aliphatic heterocycles. The quantitative estimate of drug-likeness (QED) is 0.824. The molecule has 0 aromatic heterocycles. The molecule has 1 aromatic carbocycles. The zero-order valence-electron chi connectivity index (χ0n) is 11.1. The Balaban J connectivity index is 2.64. The first-order valence-corrected chi connectivity index (χ1v) is 6.64. The van der Waals surface area contributed by atoms with E-state index < -0.39 is 6.03 Å². The van der Waals surface area contributed by atoms with Gasteiger partial charge in [0.2, 0.25) is 5.91 Å². The number of benzene rings is 1. The molecule has 98 valence electrons. The molecule has 0 fully saturated rings. The molecule has 0 heterocycles. The van der Waals surface area contributed by atoms with Crippen LogP contribution in [0.1, 0.15) is 16.7 Å². The van der Waals surface area contributed by atoms with Gasteiger partial charge in [0.15, 0.2) is 0 Å². The lowest BCUT2D eigenvalue weighted by molar-refractivity contribution is -0.117. The van der Waals surface area contributed by atoms with Gasteiger partial charge in [-0.05, 0) is 31.9 Å². The Hall–Kier alpha value is -1.49. The number of carbonyl (C=O) groups is 2. The van der Waals surface area contributed by atoms with Gasteiger partial charge in [-0.3, -0.25) is 10.1 Å². The van der Waals surface area contributed by atoms with Crippen LogP contribution in [0.4, 0.5) is 4.79 Å². The van der Waals surface area contributed by atoms with Crippen molar-refractivity contribution in [2.75, 3.05) is 12.8 Å². The Bertz CT molecular complexity index is 449. The lowest BCUT2D eigenvalue weighted by atomic mass is 10.1. The van der Waals surface area contributed by atoms with Crippen molar-refractivity contribution in [3.05, 3.63) is 28.8 Å². The predicted molar refractivity (Wildman–Crippen MR) is 74.0 cm³/mol. The summed E-state index contributed by atoms with van der Waals surface area (Å²) in [4.78, 5) is 23.5. The number of carbonyl (C=O) groups excluding carboxylic acids is 2. The monoisotopic (exact) mass is 266 g/mol. The summed E-state index contributed by atoms with van der Waals surface area (Å²) in [6, 6.07) is 3.70. The highest BCUT2D eigenvalue weighted by molar-refractivity contribution is 8.00. The molecular formula is C13H18N2O2S. The average Bonchev–Trinajstić information content (AvgIpc) is 2.27. The third kappa shape index (κ3) is 4.07. The van der Waals surface area contributed by atoms with E-state index in [2.05, 4.69) is 22.8 Å². The molecule has 0 bridgehead atoms. The second kappa shape index (κ2) is 6.44. The molecule has 1 rings (SSSR count). The van der Waals surface area contributed by atoms with Gasteiger partial charge in [0, 0.05) is 11.9 Å². The summed E-state index contributed by atoms with van der Waals surface area (Å²) < 4.78 is 0. The van der Waals surface area contributed by atoms with Crippen molar-refractivity contribution in [2.24, 2.45) is 0 Å². The molecule has 5 heteroatoms. The fraction of sp³-hybridized carbons (Fsp3) is 0.385. The van der Waals surface area contributed by atoms with E-state index in [-0.39, 0.29) is 11.7 Å². The number of urea groups is 1. The van der Waals surface area contributed by atoms with Crippen LogP contribution in [0.15, 0.2) is 17.0 Å². The molecule has 0 radical (unpaired) electrons. The minimum atomic E-state index is -0.474. The number of nitrogens with one attached hydrogen (secondary N) is 2. The number of hydrogen-bond acceptors (Lipinski definition) is 3. The van der Waals surface area contributed by atoms with E-state index in [1.807, 2.05) is 20.8 Å². The molecular weight excluding hydrogens is 248 g/mol. The first-order valence-electron chi connectivity index (χ1n) is 5.66. The molecule has 2 N–H and O–H groups in total. The van der Waals surface area contributed by atoms with Gasteiger partial charge in [0.1, 0.15) is 0 Å². The van der Waals surface area contributed by atoms with E-state index in [4.69, 9.17) is 0 Å². The van der Waals surface area contributed by atoms with Crippen LogP contribution in [0.3, 0.4) is 0 Å². The standard InChI is InChI=1S/C13H18N2O2S/c1-8-5-9(2)12(10(3)6-8)18-7-11(16)15-13(17)14-4/h5-6H,7H2,1-4H3,(H2,14,15,16,17). The molecule has 3 amide bonds. The van der Waals surface area contributed by atoms with Gasteiger partial charge in [0.25, 0.3) is 0 Å². The van der Waals surface area contributed by atoms with Crippen molar-refractivity contribution in [2.45, 2.75) is 25.7 Å². The summed E-state index contributed by atoms with van der Waals surface area (Å²) in [6.45, 7) is 6.10. The zero-order chi connectivity index (χ0) is 13.7. The minimum absolute atomic E-state index is 0.234. The topological polar surface area (TPSA) is 58.2 Å². The van der Waals surface area contributed by atoms with Crippen LogP contribution in [0.2, 0.25) is 0 Å². The highest BCUT2D eigenvalue weighted by Crippen LogP contribution is 2.27. The Kier molecular flexibility index (Phi) is 5.22. The molecule has 1 aromatic rings. The third-order valence-corrected chi connectivity index (χ3v) is 3.77. The van der Waals surface area contributed by atoms with E-state index in [1.165, 1.54) is 24.4 Å². The Morgan fingerprint density at radius 2 is 1.72 bits per heavy atom. The van der Waals surface area contributed by atoms with Crippen molar-refractivity contribution < 1.29 is 9.59 Å². The molecule has 4 nitrogen and oxygen atoms in total. The number of rotatable bonds is 3. The third-order valence-electron chi connectivity index (χ3n) is 2.43. The Morgan fingerprint density at radius 1 is 1.17 bits per heavy atom. The summed E-state index contributed by atoms with van der Waals surface area (Å²) in [5.41, 5.74) is 3.53. The SMILES string of the molecule is CNC(=O)NC(=O)CSc1c(C)cc(C)cc1C. The maximum atomic E-state index is 11.5. The van der Waals surface area contributed by atoms with Crippen LogP contribution in [-0.2, 0) is 4.79 Å². The van der Waals surface area contributed by atoms with E-state index in [0.29, 0.717) is 0 Å². The van der Waals surface area contributed by atoms with Crippen molar-refractivity contribution in [1.82, 2.24) is 10.6 Å². The van der Waals surface area contributed by atoms with E-state index in [0.717, 1.165) is 16.0 Å². The molecule has 0 unspecified atom stereocenters. The minimum Gasteiger partial charge on any atom is -0.341 e. The molecule has 0 aliphatic rings. The Labute approximate surface area is 112 Å². The van der Waals surface area contributed by atoms with Gasteiger partial charge in [0.05, 0.1) is 5.75 Å². The van der Waals surface area contributed by atoms with Gasteiger partial charge in [-0.2, -0.15) is 0 Å². The van der Waals surface area contributed by atoms with Crippen LogP contribution >= 0.6 is 11.8 Å². The largest absolute Gasteiger partial charge is 0.341 e. The first-order chi connectivity index (χ1) is 8.43. The smallest absolute Gasteiger partial charge is 0.321 e. The van der Waals surface area contributed by atoms with Crippen molar-refractivity contribution >= 4 is 23.7 Å². The van der Waals surface area contributed by atoms with Crippen LogP contribution in [0.25, 0.3) is 0 Å². The van der Waals surface area contributed by atoms with E-state index in [1.54, 1.807) is 0 Å². The molecule has 18 heavy (non-hydrogen) atoms. The fourth-order valence-electron chi connectivity index (χ4n) is 1.76. The van der Waals surface area contributed by atoms with Crippen molar-refractivity contribution in [1.29, 1.82) is 0 Å². The molecule has 0 atom stereocenters. The number of hydrogen-bond donors (Lipinski definition) is 2. The summed E-state index contributed by atoms with van der Waals surface area (Å²) in [6.07, 6.45) is 0. The lowest BCUT2D eigenvalue weighted by Gasteiger charge is -2.10. The molecule has 0 saturated carbocycles. The zero-order valence-corrected chi connectivity index (χ0v) is 11.9. The fourth-order valence-corrected chi connectivity index (χ4v) is 2.68. The Morgan fingerprint density at radius 3 is 2.22 bits per heavy atom. The van der Waals surface area contributed by atoms with Crippen LogP contribution in [0, 0.1) is 20.8 Å². The van der Waals surface area contributed by atoms with Crippen LogP contribution in [-0.4, -0.2) is 24.7 Å². The maximum absolute atomic E-state index is 11.5. The number of aryl methyl sites for hydroxylation is 3. The normalized spacial score (nSPS) is 10.0. The summed E-state index contributed by atoms with van der Waals surface area (Å²) >= 11 is 1.45. The van der Waals surface area contributed by atoms with Crippen molar-refractivity contribution in [3.63, 3.8) is 0 Å². The number of thioether (sulfide) groups is 1. The molecule has 0 aliphatic carbocycles. The van der Waals surface area contributed by atoms with Crippen LogP contribution in [0.5, 0.6) is 0 Å². The number of amides is 3. The first kappa shape index (κ1) is 14.6. The van der Waals surface area contributed by atoms with Gasteiger partial charge >= 0.3 is 6.03 Å². The highest BCUT2D eigenvalue weighted by Gasteiger charge is 2.09. The van der Waals surface area contributed by atoms with Gasteiger partial charge in [-0.1, -0.05) is 17.7 Å². The van der Waals surface area contributed by atoms with E-state index in [9.17, 15) is 9.59 Å². The van der Waals surface area contributed by atoms with Crippen LogP contribution < -0.4 is 10.6 Å². The second-order valence-corrected chi connectivity index (χ2v) is 5.13.